The van der Waals surface area contributed by atoms with Crippen molar-refractivity contribution in [1.29, 1.82) is 0 Å². The van der Waals surface area contributed by atoms with Crippen LogP contribution in [0.15, 0.2) is 17.1 Å². The number of anilines is 1. The third-order valence-corrected chi connectivity index (χ3v) is 3.10. The Labute approximate surface area is 128 Å². The van der Waals surface area contributed by atoms with E-state index in [1.165, 1.54) is 6.07 Å². The van der Waals surface area contributed by atoms with Crippen LogP contribution in [0.3, 0.4) is 0 Å². The summed E-state index contributed by atoms with van der Waals surface area (Å²) in [6.07, 6.45) is -3.92. The number of nitrogens with one attached hydrogen (secondary N) is 2. The van der Waals surface area contributed by atoms with Crippen molar-refractivity contribution in [3.63, 3.8) is 0 Å². The van der Waals surface area contributed by atoms with Gasteiger partial charge in [0.15, 0.2) is 6.23 Å². The molecular weight excluding hydrogens is 314 g/mol. The molecule has 12 heteroatoms. The first-order valence-electron chi connectivity index (χ1n) is 6.42. The van der Waals surface area contributed by atoms with Gasteiger partial charge in [0.2, 0.25) is 0 Å². The van der Waals surface area contributed by atoms with Gasteiger partial charge in [0.1, 0.15) is 24.1 Å². The number of carbonyl (C=O) groups is 2. The summed E-state index contributed by atoms with van der Waals surface area (Å²) >= 11 is 0. The molecule has 1 fully saturated rings. The molecule has 1 aliphatic rings. The lowest BCUT2D eigenvalue weighted by Gasteiger charge is -2.17. The number of aliphatic hydroxyl groups is 3. The van der Waals surface area contributed by atoms with Crippen molar-refractivity contribution in [3.8, 4) is 0 Å². The second kappa shape index (κ2) is 6.70. The Balaban J connectivity index is 2.16. The molecule has 0 spiro atoms. The normalized spacial score (nSPS) is 26.7. The molecule has 1 aromatic rings. The lowest BCUT2D eigenvalue weighted by Crippen LogP contribution is -2.39. The molecule has 1 saturated heterocycles. The monoisotopic (exact) mass is 329 g/mol. The maximum absolute atomic E-state index is 11.9. The van der Waals surface area contributed by atoms with E-state index in [-0.39, 0.29) is 5.82 Å². The van der Waals surface area contributed by atoms with Crippen LogP contribution >= 0.6 is 0 Å². The van der Waals surface area contributed by atoms with Crippen LogP contribution < -0.4 is 22.1 Å². The summed E-state index contributed by atoms with van der Waals surface area (Å²) in [6, 6.07) is -0.853. The zero-order valence-electron chi connectivity index (χ0n) is 11.6. The number of primary amides is 1. The molecule has 0 radical (unpaired) electrons. The van der Waals surface area contributed by atoms with Crippen LogP contribution in [0.5, 0.6) is 0 Å². The molecular formula is C11H15N5O7. The van der Waals surface area contributed by atoms with E-state index in [2.05, 4.69) is 10.3 Å². The summed E-state index contributed by atoms with van der Waals surface area (Å²) < 4.78 is 6.08. The van der Waals surface area contributed by atoms with E-state index in [9.17, 15) is 24.6 Å². The summed E-state index contributed by atoms with van der Waals surface area (Å²) in [5.74, 6) is -0.170. The van der Waals surface area contributed by atoms with E-state index in [0.29, 0.717) is 0 Å². The van der Waals surface area contributed by atoms with Crippen molar-refractivity contribution in [1.82, 2.24) is 14.9 Å². The SMILES string of the molecule is NC(=O)NC(=O)Nc1ccn([C@@H]2O[C@H](CO)[C@@H](O)[C@H]2O)c(=O)n1. The summed E-state index contributed by atoms with van der Waals surface area (Å²) in [5, 5.41) is 32.3. The zero-order valence-corrected chi connectivity index (χ0v) is 11.6. The molecule has 126 valence electrons. The highest BCUT2D eigenvalue weighted by molar-refractivity contribution is 5.99. The maximum atomic E-state index is 11.9. The maximum Gasteiger partial charge on any atom is 0.351 e. The van der Waals surface area contributed by atoms with Gasteiger partial charge in [-0.1, -0.05) is 0 Å². The first kappa shape index (κ1) is 16.8. The first-order valence-corrected chi connectivity index (χ1v) is 6.42. The van der Waals surface area contributed by atoms with Crippen LogP contribution in [0.1, 0.15) is 6.23 Å². The molecule has 0 bridgehead atoms. The Morgan fingerprint density at radius 3 is 2.61 bits per heavy atom. The van der Waals surface area contributed by atoms with Gasteiger partial charge in [0, 0.05) is 6.20 Å². The highest BCUT2D eigenvalue weighted by atomic mass is 16.6. The predicted molar refractivity (Wildman–Crippen MR) is 73.2 cm³/mol. The number of hydrogen-bond donors (Lipinski definition) is 6. The van der Waals surface area contributed by atoms with E-state index < -0.39 is 48.9 Å². The number of carbonyl (C=O) groups excluding carboxylic acids is 2. The van der Waals surface area contributed by atoms with Crippen molar-refractivity contribution in [2.24, 2.45) is 5.73 Å². The van der Waals surface area contributed by atoms with Gasteiger partial charge in [-0.25, -0.2) is 14.4 Å². The molecule has 4 amide bonds. The summed E-state index contributed by atoms with van der Waals surface area (Å²) in [6.45, 7) is -0.538. The summed E-state index contributed by atoms with van der Waals surface area (Å²) in [5.41, 5.74) is 3.86. The number of ether oxygens (including phenoxy) is 1. The number of hydrogen-bond acceptors (Lipinski definition) is 8. The highest BCUT2D eigenvalue weighted by Crippen LogP contribution is 2.28. The minimum Gasteiger partial charge on any atom is -0.394 e. The quantitative estimate of drug-likeness (QED) is 0.339. The fraction of sp³-hybridized carbons (Fsp3) is 0.455. The van der Waals surface area contributed by atoms with Crippen LogP contribution in [0, 0.1) is 0 Å². The predicted octanol–water partition coefficient (Wildman–Crippen LogP) is -2.94. The summed E-state index contributed by atoms with van der Waals surface area (Å²) in [4.78, 5) is 37.2. The Kier molecular flexibility index (Phi) is 4.90. The van der Waals surface area contributed by atoms with Crippen molar-refractivity contribution in [3.05, 3.63) is 22.7 Å². The molecule has 1 aromatic heterocycles. The van der Waals surface area contributed by atoms with Crippen LogP contribution in [-0.2, 0) is 4.74 Å². The van der Waals surface area contributed by atoms with Gasteiger partial charge in [-0.05, 0) is 6.07 Å². The third-order valence-electron chi connectivity index (χ3n) is 3.10. The lowest BCUT2D eigenvalue weighted by molar-refractivity contribution is -0.0549. The number of aliphatic hydroxyl groups excluding tert-OH is 3. The number of amides is 4. The molecule has 7 N–H and O–H groups in total. The Morgan fingerprint density at radius 1 is 1.39 bits per heavy atom. The molecule has 12 nitrogen and oxygen atoms in total. The topological polar surface area (TPSA) is 189 Å². The van der Waals surface area contributed by atoms with E-state index in [1.807, 2.05) is 0 Å². The number of nitrogens with zero attached hydrogens (tertiary/aromatic N) is 2. The second-order valence-corrected chi connectivity index (χ2v) is 4.67. The van der Waals surface area contributed by atoms with Crippen LogP contribution in [0.4, 0.5) is 15.4 Å². The van der Waals surface area contributed by atoms with Crippen LogP contribution in [0.25, 0.3) is 0 Å². The second-order valence-electron chi connectivity index (χ2n) is 4.67. The van der Waals surface area contributed by atoms with Gasteiger partial charge >= 0.3 is 17.8 Å². The zero-order chi connectivity index (χ0) is 17.1. The Hall–Kier alpha value is -2.54. The number of urea groups is 2. The fourth-order valence-electron chi connectivity index (χ4n) is 2.05. The van der Waals surface area contributed by atoms with Gasteiger partial charge in [0.05, 0.1) is 6.61 Å². The van der Waals surface area contributed by atoms with Crippen molar-refractivity contribution in [2.75, 3.05) is 11.9 Å². The molecule has 23 heavy (non-hydrogen) atoms. The average Bonchev–Trinajstić information content (AvgIpc) is 2.74. The molecule has 1 aliphatic heterocycles. The van der Waals surface area contributed by atoms with Gasteiger partial charge in [0.25, 0.3) is 0 Å². The van der Waals surface area contributed by atoms with E-state index in [0.717, 1.165) is 10.8 Å². The van der Waals surface area contributed by atoms with E-state index in [1.54, 1.807) is 5.32 Å². The van der Waals surface area contributed by atoms with Gasteiger partial charge in [-0.2, -0.15) is 4.98 Å². The largest absolute Gasteiger partial charge is 0.394 e. The van der Waals surface area contributed by atoms with E-state index >= 15 is 0 Å². The van der Waals surface area contributed by atoms with Gasteiger partial charge in [-0.15, -0.1) is 0 Å². The van der Waals surface area contributed by atoms with Gasteiger partial charge < -0.3 is 25.8 Å². The molecule has 0 aliphatic carbocycles. The molecule has 0 saturated carbocycles. The van der Waals surface area contributed by atoms with Crippen molar-refractivity contribution in [2.45, 2.75) is 24.5 Å². The Bertz CT molecular complexity index is 662. The highest BCUT2D eigenvalue weighted by Gasteiger charge is 2.43. The van der Waals surface area contributed by atoms with Crippen LogP contribution in [-0.4, -0.2) is 61.9 Å². The van der Waals surface area contributed by atoms with Crippen molar-refractivity contribution >= 4 is 17.9 Å². The van der Waals surface area contributed by atoms with Crippen LogP contribution in [0.2, 0.25) is 0 Å². The minimum atomic E-state index is -1.44. The Morgan fingerprint density at radius 2 is 2.09 bits per heavy atom. The average molecular weight is 329 g/mol. The summed E-state index contributed by atoms with van der Waals surface area (Å²) in [7, 11) is 0. The molecule has 0 aromatic carbocycles. The first-order chi connectivity index (χ1) is 10.8. The number of aromatic nitrogens is 2. The molecule has 2 rings (SSSR count). The molecule has 4 atom stereocenters. The third kappa shape index (κ3) is 3.62. The molecule has 0 unspecified atom stereocenters. The van der Waals surface area contributed by atoms with Gasteiger partial charge in [-0.3, -0.25) is 15.2 Å². The van der Waals surface area contributed by atoms with Crippen molar-refractivity contribution < 1.29 is 29.6 Å². The van der Waals surface area contributed by atoms with E-state index in [4.69, 9.17) is 15.6 Å². The standard InChI is InChI=1S/C11H15N5O7/c12-9(20)15-10(21)13-5-1-2-16(11(22)14-5)8-7(19)6(18)4(3-17)23-8/h1-2,4,6-8,17-19H,3H2,(H4,12,13,14,15,20,21,22)/t4-,6-,7-,8-/m1/s1. The number of rotatable bonds is 3. The number of imide groups is 1. The minimum absolute atomic E-state index is 0.170. The number of nitrogens with two attached hydrogens (primary N) is 1. The fourth-order valence-corrected chi connectivity index (χ4v) is 2.05. The molecule has 2 heterocycles. The smallest absolute Gasteiger partial charge is 0.351 e. The lowest BCUT2D eigenvalue weighted by atomic mass is 10.1.